The molecule has 0 spiro atoms. The molecule has 21 heavy (non-hydrogen) atoms. The summed E-state index contributed by atoms with van der Waals surface area (Å²) in [5.74, 6) is 0.570. The molecule has 0 radical (unpaired) electrons. The minimum absolute atomic E-state index is 0.152. The zero-order valence-corrected chi connectivity index (χ0v) is 12.2. The summed E-state index contributed by atoms with van der Waals surface area (Å²) in [7, 11) is 3.71. The molecule has 0 bridgehead atoms. The van der Waals surface area contributed by atoms with Gasteiger partial charge in [-0.2, -0.15) is 9.78 Å². The third-order valence-electron chi connectivity index (χ3n) is 3.27. The molecule has 5 heteroatoms. The first-order valence-electron chi connectivity index (χ1n) is 6.69. The van der Waals surface area contributed by atoms with Crippen molar-refractivity contribution >= 4 is 28.0 Å². The Labute approximate surface area is 122 Å². The largest absolute Gasteiger partial charge is 0.367 e. The van der Waals surface area contributed by atoms with Crippen LogP contribution in [0.25, 0.3) is 21.7 Å². The van der Waals surface area contributed by atoms with Crippen molar-refractivity contribution in [2.75, 3.05) is 14.1 Å². The zero-order valence-electron chi connectivity index (χ0n) is 12.2. The Hall–Kier alpha value is -2.69. The molecule has 1 aromatic heterocycles. The lowest BCUT2D eigenvalue weighted by Gasteiger charge is -2.08. The van der Waals surface area contributed by atoms with E-state index in [2.05, 4.69) is 10.1 Å². The number of aromatic nitrogens is 2. The molecule has 5 nitrogen and oxygen atoms in total. The van der Waals surface area contributed by atoms with Crippen LogP contribution in [0, 0.1) is 6.92 Å². The highest BCUT2D eigenvalue weighted by atomic mass is 16.1. The molecule has 0 aliphatic heterocycles. The first-order valence-corrected chi connectivity index (χ1v) is 6.69. The second kappa shape index (κ2) is 5.01. The molecule has 0 aliphatic rings. The lowest BCUT2D eigenvalue weighted by molar-refractivity contribution is 0.626. The normalized spacial score (nSPS) is 11.6. The van der Waals surface area contributed by atoms with E-state index in [0.717, 1.165) is 10.8 Å². The maximum absolute atomic E-state index is 12.6. The van der Waals surface area contributed by atoms with Gasteiger partial charge in [0, 0.05) is 14.1 Å². The molecule has 0 amide bonds. The van der Waals surface area contributed by atoms with E-state index >= 15 is 0 Å². The van der Waals surface area contributed by atoms with Crippen molar-refractivity contribution in [3.63, 3.8) is 0 Å². The first-order chi connectivity index (χ1) is 10.1. The smallest absolute Gasteiger partial charge is 0.282 e. The van der Waals surface area contributed by atoms with E-state index in [4.69, 9.17) is 0 Å². The van der Waals surface area contributed by atoms with Crippen LogP contribution >= 0.6 is 0 Å². The van der Waals surface area contributed by atoms with Gasteiger partial charge in [0.15, 0.2) is 0 Å². The number of rotatable bonds is 2. The molecule has 1 heterocycles. The summed E-state index contributed by atoms with van der Waals surface area (Å²) in [4.78, 5) is 18.9. The van der Waals surface area contributed by atoms with Crippen molar-refractivity contribution in [3.05, 3.63) is 52.6 Å². The zero-order chi connectivity index (χ0) is 15.0. The van der Waals surface area contributed by atoms with E-state index in [-0.39, 0.29) is 5.56 Å². The standard InChI is InChI=1S/C16H16N4O/c1-11-18-15-9-13-7-5-4-6-12(13)8-14(15)16(21)20(11)17-10-19(2)3/h4-10H,1-3H3/b17-10+. The molecule has 0 atom stereocenters. The van der Waals surface area contributed by atoms with E-state index in [9.17, 15) is 4.79 Å². The van der Waals surface area contributed by atoms with Gasteiger partial charge in [-0.25, -0.2) is 4.98 Å². The van der Waals surface area contributed by atoms with Crippen LogP contribution in [0.15, 0.2) is 46.3 Å². The summed E-state index contributed by atoms with van der Waals surface area (Å²) in [5, 5.41) is 6.86. The van der Waals surface area contributed by atoms with Crippen LogP contribution in [0.1, 0.15) is 5.82 Å². The summed E-state index contributed by atoms with van der Waals surface area (Å²) >= 11 is 0. The maximum Gasteiger partial charge on any atom is 0.282 e. The van der Waals surface area contributed by atoms with Gasteiger partial charge in [-0.1, -0.05) is 24.3 Å². The predicted octanol–water partition coefficient (Wildman–Crippen LogP) is 2.21. The summed E-state index contributed by atoms with van der Waals surface area (Å²) in [6.07, 6.45) is 1.59. The van der Waals surface area contributed by atoms with Gasteiger partial charge in [0.2, 0.25) is 0 Å². The quantitative estimate of drug-likeness (QED) is 0.411. The molecular weight excluding hydrogens is 264 g/mol. The maximum atomic E-state index is 12.6. The van der Waals surface area contributed by atoms with Crippen LogP contribution in [0.5, 0.6) is 0 Å². The molecule has 0 unspecified atom stereocenters. The van der Waals surface area contributed by atoms with Crippen molar-refractivity contribution in [2.45, 2.75) is 6.92 Å². The van der Waals surface area contributed by atoms with Crippen LogP contribution in [0.3, 0.4) is 0 Å². The molecule has 2 aromatic carbocycles. The van der Waals surface area contributed by atoms with E-state index in [1.54, 1.807) is 18.2 Å². The molecule has 0 fully saturated rings. The molecule has 0 aliphatic carbocycles. The summed E-state index contributed by atoms with van der Waals surface area (Å²) < 4.78 is 1.33. The van der Waals surface area contributed by atoms with Crippen LogP contribution in [-0.4, -0.2) is 35.0 Å². The van der Waals surface area contributed by atoms with Crippen molar-refractivity contribution in [1.82, 2.24) is 14.6 Å². The predicted molar refractivity (Wildman–Crippen MR) is 85.8 cm³/mol. The van der Waals surface area contributed by atoms with Crippen molar-refractivity contribution in [1.29, 1.82) is 0 Å². The Bertz CT molecular complexity index is 909. The lowest BCUT2D eigenvalue weighted by atomic mass is 10.1. The van der Waals surface area contributed by atoms with E-state index in [1.807, 2.05) is 50.5 Å². The van der Waals surface area contributed by atoms with Crippen molar-refractivity contribution < 1.29 is 0 Å². The van der Waals surface area contributed by atoms with Gasteiger partial charge >= 0.3 is 0 Å². The van der Waals surface area contributed by atoms with Crippen LogP contribution in [0.2, 0.25) is 0 Å². The Morgan fingerprint density at radius 1 is 1.19 bits per heavy atom. The summed E-state index contributed by atoms with van der Waals surface area (Å²) in [6.45, 7) is 1.78. The molecule has 0 saturated heterocycles. The number of nitrogens with zero attached hydrogens (tertiary/aromatic N) is 4. The highest BCUT2D eigenvalue weighted by molar-refractivity contribution is 5.96. The number of aryl methyl sites for hydroxylation is 1. The fraction of sp³-hybridized carbons (Fsp3) is 0.188. The molecule has 3 aromatic rings. The molecule has 0 N–H and O–H groups in total. The van der Waals surface area contributed by atoms with Gasteiger partial charge in [-0.05, 0) is 29.8 Å². The number of fused-ring (bicyclic) bond motifs is 2. The van der Waals surface area contributed by atoms with Gasteiger partial charge in [0.1, 0.15) is 12.2 Å². The lowest BCUT2D eigenvalue weighted by Crippen LogP contribution is -2.22. The van der Waals surface area contributed by atoms with Crippen LogP contribution in [0.4, 0.5) is 0 Å². The van der Waals surface area contributed by atoms with Gasteiger partial charge in [-0.3, -0.25) is 4.79 Å². The van der Waals surface area contributed by atoms with E-state index in [1.165, 1.54) is 4.68 Å². The number of hydrogen-bond acceptors (Lipinski definition) is 3. The second-order valence-electron chi connectivity index (χ2n) is 5.19. The van der Waals surface area contributed by atoms with Gasteiger partial charge in [0.05, 0.1) is 10.9 Å². The minimum atomic E-state index is -0.152. The molecular formula is C16H16N4O. The third-order valence-corrected chi connectivity index (χ3v) is 3.27. The van der Waals surface area contributed by atoms with Gasteiger partial charge in [-0.15, -0.1) is 0 Å². The van der Waals surface area contributed by atoms with E-state index < -0.39 is 0 Å². The van der Waals surface area contributed by atoms with Crippen LogP contribution in [-0.2, 0) is 0 Å². The third kappa shape index (κ3) is 2.38. The molecule has 106 valence electrons. The van der Waals surface area contributed by atoms with Crippen LogP contribution < -0.4 is 5.56 Å². The molecule has 3 rings (SSSR count). The van der Waals surface area contributed by atoms with Crippen molar-refractivity contribution in [3.8, 4) is 0 Å². The SMILES string of the molecule is Cc1nc2cc3ccccc3cc2c(=O)n1/N=C/N(C)C. The average molecular weight is 280 g/mol. The summed E-state index contributed by atoms with van der Waals surface area (Å²) in [5.41, 5.74) is 0.550. The van der Waals surface area contributed by atoms with Gasteiger partial charge < -0.3 is 4.90 Å². The average Bonchev–Trinajstić information content (AvgIpc) is 2.45. The fourth-order valence-electron chi connectivity index (χ4n) is 2.27. The number of hydrogen-bond donors (Lipinski definition) is 0. The summed E-state index contributed by atoms with van der Waals surface area (Å²) in [6, 6.07) is 11.8. The first kappa shape index (κ1) is 13.3. The highest BCUT2D eigenvalue weighted by Gasteiger charge is 2.08. The van der Waals surface area contributed by atoms with Gasteiger partial charge in [0.25, 0.3) is 5.56 Å². The van der Waals surface area contributed by atoms with Crippen molar-refractivity contribution in [2.24, 2.45) is 5.10 Å². The minimum Gasteiger partial charge on any atom is -0.367 e. The Balaban J connectivity index is 2.33. The monoisotopic (exact) mass is 280 g/mol. The second-order valence-corrected chi connectivity index (χ2v) is 5.19. The highest BCUT2D eigenvalue weighted by Crippen LogP contribution is 2.19. The Morgan fingerprint density at radius 3 is 2.52 bits per heavy atom. The van der Waals surface area contributed by atoms with E-state index in [0.29, 0.717) is 16.7 Å². The topological polar surface area (TPSA) is 50.5 Å². The Kier molecular flexibility index (Phi) is 3.17. The Morgan fingerprint density at radius 2 is 1.86 bits per heavy atom. The molecule has 0 saturated carbocycles. The fourth-order valence-corrected chi connectivity index (χ4v) is 2.27. The number of benzene rings is 2.